The zero-order valence-electron chi connectivity index (χ0n) is 13.1. The van der Waals surface area contributed by atoms with Crippen molar-refractivity contribution in [2.75, 3.05) is 6.61 Å². The van der Waals surface area contributed by atoms with E-state index in [1.54, 1.807) is 0 Å². The second-order valence-corrected chi connectivity index (χ2v) is 5.48. The van der Waals surface area contributed by atoms with Crippen LogP contribution >= 0.6 is 9.47 Å². The molecule has 4 heteroatoms. The molecule has 0 radical (unpaired) electrons. The Morgan fingerprint density at radius 2 is 1.50 bits per heavy atom. The SMILES string of the molecule is Cc1ccccc1OCCCC(OP)Oc1ccccc1C. The highest BCUT2D eigenvalue weighted by molar-refractivity contribution is 7.09. The molecule has 22 heavy (non-hydrogen) atoms. The third-order valence-corrected chi connectivity index (χ3v) is 3.74. The fraction of sp³-hybridized carbons (Fsp3) is 0.333. The molecule has 2 unspecified atom stereocenters. The predicted molar refractivity (Wildman–Crippen MR) is 92.3 cm³/mol. The molecular weight excluding hydrogens is 295 g/mol. The normalized spacial score (nSPS) is 12.0. The first-order valence-corrected chi connectivity index (χ1v) is 7.94. The second-order valence-electron chi connectivity index (χ2n) is 5.21. The zero-order chi connectivity index (χ0) is 15.8. The monoisotopic (exact) mass is 318 g/mol. The molecule has 2 aromatic carbocycles. The smallest absolute Gasteiger partial charge is 0.202 e. The number of rotatable bonds is 8. The van der Waals surface area contributed by atoms with Crippen LogP contribution in [0.3, 0.4) is 0 Å². The van der Waals surface area contributed by atoms with Gasteiger partial charge in [-0.05, 0) is 43.5 Å². The topological polar surface area (TPSA) is 27.7 Å². The lowest BCUT2D eigenvalue weighted by molar-refractivity contribution is 0.0100. The van der Waals surface area contributed by atoms with Crippen LogP contribution in [0.15, 0.2) is 48.5 Å². The fourth-order valence-electron chi connectivity index (χ4n) is 2.14. The van der Waals surface area contributed by atoms with E-state index < -0.39 is 0 Å². The molecule has 2 aromatic rings. The molecule has 0 aliphatic rings. The molecule has 0 spiro atoms. The Hall–Kier alpha value is -1.57. The van der Waals surface area contributed by atoms with Crippen molar-refractivity contribution in [2.24, 2.45) is 0 Å². The molecule has 3 nitrogen and oxygen atoms in total. The minimum Gasteiger partial charge on any atom is -0.493 e. The highest BCUT2D eigenvalue weighted by atomic mass is 31.0. The lowest BCUT2D eigenvalue weighted by Gasteiger charge is -2.18. The predicted octanol–water partition coefficient (Wildman–Crippen LogP) is 4.67. The Labute approximate surface area is 134 Å². The van der Waals surface area contributed by atoms with Gasteiger partial charge in [-0.1, -0.05) is 36.4 Å². The van der Waals surface area contributed by atoms with Crippen LogP contribution in [0.1, 0.15) is 24.0 Å². The summed E-state index contributed by atoms with van der Waals surface area (Å²) in [6.45, 7) is 4.72. The van der Waals surface area contributed by atoms with Crippen LogP contribution in [0.2, 0.25) is 0 Å². The quantitative estimate of drug-likeness (QED) is 0.402. The largest absolute Gasteiger partial charge is 0.493 e. The Morgan fingerprint density at radius 3 is 2.09 bits per heavy atom. The summed E-state index contributed by atoms with van der Waals surface area (Å²) in [5.74, 6) is 1.79. The maximum atomic E-state index is 5.87. The minimum atomic E-state index is -0.286. The molecule has 0 aliphatic carbocycles. The van der Waals surface area contributed by atoms with E-state index in [2.05, 4.69) is 9.47 Å². The highest BCUT2D eigenvalue weighted by Gasteiger charge is 2.10. The molecule has 0 heterocycles. The summed E-state index contributed by atoms with van der Waals surface area (Å²) in [4.78, 5) is 0. The highest BCUT2D eigenvalue weighted by Crippen LogP contribution is 2.21. The van der Waals surface area contributed by atoms with Crippen LogP contribution in [0.4, 0.5) is 0 Å². The van der Waals surface area contributed by atoms with E-state index in [1.165, 1.54) is 0 Å². The van der Waals surface area contributed by atoms with Gasteiger partial charge in [-0.3, -0.25) is 0 Å². The van der Waals surface area contributed by atoms with E-state index in [-0.39, 0.29) is 6.29 Å². The summed E-state index contributed by atoms with van der Waals surface area (Å²) in [7, 11) is 2.28. The summed E-state index contributed by atoms with van der Waals surface area (Å²) >= 11 is 0. The van der Waals surface area contributed by atoms with E-state index in [4.69, 9.17) is 14.0 Å². The maximum absolute atomic E-state index is 5.87. The second kappa shape index (κ2) is 8.77. The molecule has 0 fully saturated rings. The van der Waals surface area contributed by atoms with Crippen molar-refractivity contribution in [1.29, 1.82) is 0 Å². The van der Waals surface area contributed by atoms with Gasteiger partial charge in [0.15, 0.2) is 0 Å². The Balaban J connectivity index is 1.77. The number of hydrogen-bond acceptors (Lipinski definition) is 3. The van der Waals surface area contributed by atoms with Crippen molar-refractivity contribution < 1.29 is 14.0 Å². The Kier molecular flexibility index (Phi) is 6.70. The number of aryl methyl sites for hydroxylation is 2. The van der Waals surface area contributed by atoms with E-state index in [1.807, 2.05) is 62.4 Å². The van der Waals surface area contributed by atoms with Crippen LogP contribution in [0.5, 0.6) is 11.5 Å². The molecule has 2 atom stereocenters. The first-order chi connectivity index (χ1) is 10.7. The van der Waals surface area contributed by atoms with Crippen LogP contribution in [0.25, 0.3) is 0 Å². The van der Waals surface area contributed by atoms with Gasteiger partial charge in [-0.2, -0.15) is 0 Å². The Bertz CT molecular complexity index is 586. The molecular formula is C18H23O3P. The molecule has 118 valence electrons. The lowest BCUT2D eigenvalue weighted by atomic mass is 10.2. The average molecular weight is 318 g/mol. The standard InChI is InChI=1S/C18H23O3P/c1-14-8-3-5-10-16(14)19-13-7-12-18(21-22)20-17-11-6-4-9-15(17)2/h3-6,8-11,18H,7,12-13,22H2,1-2H3. The van der Waals surface area contributed by atoms with Crippen molar-refractivity contribution in [3.05, 3.63) is 59.7 Å². The Morgan fingerprint density at radius 1 is 0.909 bits per heavy atom. The number of hydrogen-bond donors (Lipinski definition) is 0. The maximum Gasteiger partial charge on any atom is 0.202 e. The van der Waals surface area contributed by atoms with E-state index in [0.717, 1.165) is 35.5 Å². The zero-order valence-corrected chi connectivity index (χ0v) is 14.3. The van der Waals surface area contributed by atoms with E-state index in [0.29, 0.717) is 6.61 Å². The summed E-state index contributed by atoms with van der Waals surface area (Å²) in [6, 6.07) is 16.0. The van der Waals surface area contributed by atoms with Crippen molar-refractivity contribution in [3.8, 4) is 11.5 Å². The third kappa shape index (κ3) is 5.01. The van der Waals surface area contributed by atoms with Crippen molar-refractivity contribution in [2.45, 2.75) is 33.0 Å². The molecule has 0 bridgehead atoms. The summed E-state index contributed by atoms with van der Waals surface area (Å²) in [5, 5.41) is 0. The molecule has 0 saturated heterocycles. The summed E-state index contributed by atoms with van der Waals surface area (Å²) in [6.07, 6.45) is 1.34. The first kappa shape index (κ1) is 16.8. The third-order valence-electron chi connectivity index (χ3n) is 3.44. The van der Waals surface area contributed by atoms with Gasteiger partial charge < -0.3 is 14.0 Å². The number of para-hydroxylation sites is 2. The molecule has 0 aliphatic heterocycles. The fourth-order valence-corrected chi connectivity index (χ4v) is 2.33. The molecule has 0 amide bonds. The van der Waals surface area contributed by atoms with Crippen LogP contribution < -0.4 is 9.47 Å². The number of benzene rings is 2. The van der Waals surface area contributed by atoms with Gasteiger partial charge in [0.05, 0.1) is 6.61 Å². The van der Waals surface area contributed by atoms with Crippen LogP contribution in [0, 0.1) is 13.8 Å². The average Bonchev–Trinajstić information content (AvgIpc) is 2.53. The van der Waals surface area contributed by atoms with Gasteiger partial charge in [0.25, 0.3) is 0 Å². The minimum absolute atomic E-state index is 0.286. The van der Waals surface area contributed by atoms with Gasteiger partial charge in [-0.15, -0.1) is 0 Å². The summed E-state index contributed by atoms with van der Waals surface area (Å²) < 4.78 is 17.0. The molecule has 2 rings (SSSR count). The van der Waals surface area contributed by atoms with Gasteiger partial charge in [0.1, 0.15) is 11.5 Å². The van der Waals surface area contributed by atoms with Crippen LogP contribution in [-0.2, 0) is 4.52 Å². The van der Waals surface area contributed by atoms with E-state index in [9.17, 15) is 0 Å². The van der Waals surface area contributed by atoms with Crippen molar-refractivity contribution in [3.63, 3.8) is 0 Å². The van der Waals surface area contributed by atoms with E-state index >= 15 is 0 Å². The van der Waals surface area contributed by atoms with Gasteiger partial charge in [0, 0.05) is 15.9 Å². The van der Waals surface area contributed by atoms with Crippen LogP contribution in [-0.4, -0.2) is 12.9 Å². The molecule has 0 saturated carbocycles. The summed E-state index contributed by atoms with van der Waals surface area (Å²) in [5.41, 5.74) is 2.25. The van der Waals surface area contributed by atoms with Gasteiger partial charge in [0.2, 0.25) is 6.29 Å². The molecule has 0 aromatic heterocycles. The van der Waals surface area contributed by atoms with Gasteiger partial charge in [-0.25, -0.2) is 0 Å². The number of ether oxygens (including phenoxy) is 2. The lowest BCUT2D eigenvalue weighted by Crippen LogP contribution is -2.18. The first-order valence-electron chi connectivity index (χ1n) is 7.47. The van der Waals surface area contributed by atoms with Crippen molar-refractivity contribution in [1.82, 2.24) is 0 Å². The van der Waals surface area contributed by atoms with Gasteiger partial charge >= 0.3 is 0 Å². The van der Waals surface area contributed by atoms with Crippen molar-refractivity contribution >= 4 is 9.47 Å². The molecule has 0 N–H and O–H groups in total.